The van der Waals surface area contributed by atoms with E-state index in [2.05, 4.69) is 0 Å². The van der Waals surface area contributed by atoms with Crippen LogP contribution in [0.15, 0.2) is 128 Å². The summed E-state index contributed by atoms with van der Waals surface area (Å²) in [5, 5.41) is 0.671. The molecule has 7 rings (SSSR count). The third kappa shape index (κ3) is 7.11. The molecule has 2 amide bonds. The lowest BCUT2D eigenvalue weighted by Gasteiger charge is -2.23. The molecule has 6 aromatic rings. The van der Waals surface area contributed by atoms with E-state index in [9.17, 15) is 18.8 Å². The molecule has 0 saturated carbocycles. The van der Waals surface area contributed by atoms with E-state index in [-0.39, 0.29) is 30.7 Å². The van der Waals surface area contributed by atoms with Crippen molar-refractivity contribution in [3.63, 3.8) is 0 Å². The Morgan fingerprint density at radius 2 is 1.58 bits per heavy atom. The van der Waals surface area contributed by atoms with Crippen LogP contribution in [0.4, 0.5) is 4.39 Å². The van der Waals surface area contributed by atoms with Crippen molar-refractivity contribution in [1.29, 1.82) is 0 Å². The van der Waals surface area contributed by atoms with E-state index in [1.54, 1.807) is 59.4 Å². The van der Waals surface area contributed by atoms with Crippen molar-refractivity contribution < 1.29 is 27.7 Å². The first-order chi connectivity index (χ1) is 25.4. The number of nitrogens with zero attached hydrogens (tertiary/aromatic N) is 3. The number of amides is 2. The number of aromatic nitrogens is 1. The lowest BCUT2D eigenvalue weighted by molar-refractivity contribution is 0.0761. The number of ether oxygens (including phenoxy) is 1. The molecule has 1 aromatic heterocycles. The van der Waals surface area contributed by atoms with Gasteiger partial charge in [-0.05, 0) is 47.0 Å². The molecule has 5 aromatic carbocycles. The van der Waals surface area contributed by atoms with Crippen LogP contribution in [0.3, 0.4) is 0 Å². The SMILES string of the molecule is CN(CCSOc1c2c(c(OC(c3ccccc3)c3ccccc3)c3ncccc13)C(=O)N(Cc1ccc(F)cc1)C2)C(=O)c1ccccc1C=O. The van der Waals surface area contributed by atoms with E-state index >= 15 is 0 Å². The van der Waals surface area contributed by atoms with Gasteiger partial charge in [0.05, 0.1) is 29.7 Å². The second kappa shape index (κ2) is 15.5. The lowest BCUT2D eigenvalue weighted by atomic mass is 9.99. The third-order valence-electron chi connectivity index (χ3n) is 8.96. The summed E-state index contributed by atoms with van der Waals surface area (Å²) in [6.45, 7) is 0.812. The topological polar surface area (TPSA) is 89.0 Å². The predicted octanol–water partition coefficient (Wildman–Crippen LogP) is 8.31. The van der Waals surface area contributed by atoms with Crippen molar-refractivity contribution in [2.24, 2.45) is 0 Å². The first-order valence-corrected chi connectivity index (χ1v) is 17.7. The van der Waals surface area contributed by atoms with Crippen LogP contribution < -0.4 is 8.92 Å². The number of rotatable bonds is 13. The van der Waals surface area contributed by atoms with Crippen LogP contribution in [0.25, 0.3) is 10.9 Å². The summed E-state index contributed by atoms with van der Waals surface area (Å²) in [4.78, 5) is 47.0. The van der Waals surface area contributed by atoms with Gasteiger partial charge in [-0.25, -0.2) is 4.39 Å². The largest absolute Gasteiger partial charge is 0.478 e. The number of aldehydes is 1. The van der Waals surface area contributed by atoms with Crippen molar-refractivity contribution in [2.75, 3.05) is 19.3 Å². The normalized spacial score (nSPS) is 12.2. The van der Waals surface area contributed by atoms with Crippen molar-refractivity contribution >= 4 is 41.0 Å². The zero-order chi connectivity index (χ0) is 36.0. The second-order valence-electron chi connectivity index (χ2n) is 12.4. The molecule has 0 saturated heterocycles. The molecule has 260 valence electrons. The molecule has 1 aliphatic rings. The number of halogens is 1. The molecule has 52 heavy (non-hydrogen) atoms. The number of carbonyl (C=O) groups excluding carboxylic acids is 3. The number of hydrogen-bond donors (Lipinski definition) is 0. The van der Waals surface area contributed by atoms with Gasteiger partial charge in [-0.1, -0.05) is 91.0 Å². The molecule has 0 spiro atoms. The quantitative estimate of drug-likeness (QED) is 0.0677. The molecule has 0 aliphatic carbocycles. The van der Waals surface area contributed by atoms with E-state index in [0.717, 1.165) is 28.7 Å². The van der Waals surface area contributed by atoms with Gasteiger partial charge >= 0.3 is 0 Å². The molecule has 0 N–H and O–H groups in total. The summed E-state index contributed by atoms with van der Waals surface area (Å²) in [5.74, 6) is 0.365. The summed E-state index contributed by atoms with van der Waals surface area (Å²) in [6.07, 6.45) is 1.79. The number of benzene rings is 5. The highest BCUT2D eigenvalue weighted by Crippen LogP contribution is 2.47. The van der Waals surface area contributed by atoms with Crippen molar-refractivity contribution in [1.82, 2.24) is 14.8 Å². The molecule has 10 heteroatoms. The van der Waals surface area contributed by atoms with Crippen LogP contribution >= 0.6 is 12.0 Å². The molecular weight excluding hydrogens is 678 g/mol. The number of pyridine rings is 1. The monoisotopic (exact) mass is 711 g/mol. The van der Waals surface area contributed by atoms with Crippen LogP contribution in [0, 0.1) is 5.82 Å². The summed E-state index contributed by atoms with van der Waals surface area (Å²) >= 11 is 1.16. The number of fused-ring (bicyclic) bond motifs is 2. The fourth-order valence-electron chi connectivity index (χ4n) is 6.33. The highest BCUT2D eigenvalue weighted by Gasteiger charge is 2.38. The van der Waals surface area contributed by atoms with Crippen LogP contribution in [0.2, 0.25) is 0 Å². The van der Waals surface area contributed by atoms with Gasteiger partial charge in [0.15, 0.2) is 17.8 Å². The first-order valence-electron chi connectivity index (χ1n) is 16.8. The zero-order valence-corrected chi connectivity index (χ0v) is 29.1. The van der Waals surface area contributed by atoms with Crippen molar-refractivity contribution in [3.8, 4) is 11.5 Å². The maximum atomic E-state index is 14.4. The molecule has 0 fully saturated rings. The standard InChI is InChI=1S/C42H34FN3O5S/c1-45(41(48)33-16-9-8-15-31(33)27-47)23-24-52-51-39-34-17-10-22-44-37(34)40(50-38(29-11-4-2-5-12-29)30-13-6-3-7-14-30)36-35(39)26-46(42(36)49)25-28-18-20-32(43)21-19-28/h2-22,27,38H,23-26H2,1H3. The average molecular weight is 712 g/mol. The van der Waals surface area contributed by atoms with E-state index in [4.69, 9.17) is 13.9 Å². The minimum Gasteiger partial charge on any atom is -0.478 e. The lowest BCUT2D eigenvalue weighted by Crippen LogP contribution is -2.29. The van der Waals surface area contributed by atoms with Crippen LogP contribution in [0.1, 0.15) is 59.4 Å². The van der Waals surface area contributed by atoms with Crippen molar-refractivity contribution in [2.45, 2.75) is 19.2 Å². The molecule has 0 unspecified atom stereocenters. The van der Waals surface area contributed by atoms with Gasteiger partial charge in [0.1, 0.15) is 17.4 Å². The summed E-state index contributed by atoms with van der Waals surface area (Å²) in [5.41, 5.74) is 4.74. The van der Waals surface area contributed by atoms with Gasteiger partial charge in [-0.15, -0.1) is 0 Å². The Hall–Kier alpha value is -6.00. The number of carbonyl (C=O) groups is 3. The van der Waals surface area contributed by atoms with Gasteiger partial charge in [-0.3, -0.25) is 19.4 Å². The van der Waals surface area contributed by atoms with Gasteiger partial charge in [0, 0.05) is 48.6 Å². The van der Waals surface area contributed by atoms with E-state index in [1.807, 2.05) is 72.8 Å². The number of hydrogen-bond acceptors (Lipinski definition) is 7. The fourth-order valence-corrected chi connectivity index (χ4v) is 7.07. The Balaban J connectivity index is 1.24. The van der Waals surface area contributed by atoms with Crippen LogP contribution in [0.5, 0.6) is 11.5 Å². The molecule has 0 bridgehead atoms. The molecule has 1 aliphatic heterocycles. The van der Waals surface area contributed by atoms with Crippen LogP contribution in [-0.4, -0.2) is 52.2 Å². The summed E-state index contributed by atoms with van der Waals surface area (Å²) < 4.78 is 27.1. The van der Waals surface area contributed by atoms with Gasteiger partial charge in [-0.2, -0.15) is 0 Å². The maximum absolute atomic E-state index is 14.4. The minimum absolute atomic E-state index is 0.227. The summed E-state index contributed by atoms with van der Waals surface area (Å²) in [7, 11) is 1.68. The Kier molecular flexibility index (Phi) is 10.3. The summed E-state index contributed by atoms with van der Waals surface area (Å²) in [6, 6.07) is 36.1. The second-order valence-corrected chi connectivity index (χ2v) is 13.2. The Bertz CT molecular complexity index is 2200. The van der Waals surface area contributed by atoms with E-state index in [1.165, 1.54) is 12.1 Å². The highest BCUT2D eigenvalue weighted by molar-refractivity contribution is 7.95. The maximum Gasteiger partial charge on any atom is 0.258 e. The smallest absolute Gasteiger partial charge is 0.258 e. The fraction of sp³-hybridized carbons (Fsp3) is 0.143. The van der Waals surface area contributed by atoms with Gasteiger partial charge in [0.2, 0.25) is 0 Å². The average Bonchev–Trinajstić information content (AvgIpc) is 3.51. The molecule has 8 nitrogen and oxygen atoms in total. The van der Waals surface area contributed by atoms with Gasteiger partial charge < -0.3 is 18.7 Å². The predicted molar refractivity (Wildman–Crippen MR) is 199 cm³/mol. The Labute approximate surface area is 305 Å². The molecule has 0 radical (unpaired) electrons. The van der Waals surface area contributed by atoms with E-state index in [0.29, 0.717) is 63.2 Å². The van der Waals surface area contributed by atoms with E-state index < -0.39 is 6.10 Å². The minimum atomic E-state index is -0.547. The van der Waals surface area contributed by atoms with Crippen molar-refractivity contribution in [3.05, 3.63) is 172 Å². The Morgan fingerprint density at radius 1 is 0.904 bits per heavy atom. The molecule has 0 atom stereocenters. The third-order valence-corrected chi connectivity index (χ3v) is 9.60. The molecule has 2 heterocycles. The highest BCUT2D eigenvalue weighted by atomic mass is 32.2. The zero-order valence-electron chi connectivity index (χ0n) is 28.3. The van der Waals surface area contributed by atoms with Gasteiger partial charge in [0.25, 0.3) is 11.8 Å². The molecular formula is C42H34FN3O5S. The van der Waals surface area contributed by atoms with Crippen LogP contribution in [-0.2, 0) is 13.1 Å². The Morgan fingerprint density at radius 3 is 2.27 bits per heavy atom. The first kappa shape index (κ1) is 34.4.